The molecule has 4 rings (SSSR count). The first kappa shape index (κ1) is 13.6. The van der Waals surface area contributed by atoms with E-state index in [0.717, 1.165) is 11.2 Å². The third-order valence-electron chi connectivity index (χ3n) is 4.74. The second kappa shape index (κ2) is 5.61. The van der Waals surface area contributed by atoms with Gasteiger partial charge in [0.15, 0.2) is 5.65 Å². The second-order valence-electron chi connectivity index (χ2n) is 6.15. The summed E-state index contributed by atoms with van der Waals surface area (Å²) in [5.41, 5.74) is 2.13. The highest BCUT2D eigenvalue weighted by Gasteiger charge is 2.30. The van der Waals surface area contributed by atoms with E-state index < -0.39 is 0 Å². The van der Waals surface area contributed by atoms with E-state index in [0.29, 0.717) is 11.4 Å². The van der Waals surface area contributed by atoms with E-state index in [9.17, 15) is 0 Å². The number of fused-ring (bicyclic) bond motifs is 1. The highest BCUT2D eigenvalue weighted by Crippen LogP contribution is 2.41. The maximum atomic E-state index is 4.98. The summed E-state index contributed by atoms with van der Waals surface area (Å²) >= 11 is 2.06. The van der Waals surface area contributed by atoms with E-state index in [4.69, 9.17) is 4.98 Å². The Morgan fingerprint density at radius 3 is 3.00 bits per heavy atom. The van der Waals surface area contributed by atoms with Crippen LogP contribution in [0.5, 0.6) is 0 Å². The molecule has 0 bridgehead atoms. The van der Waals surface area contributed by atoms with Crippen LogP contribution in [0.3, 0.4) is 0 Å². The fourth-order valence-corrected chi connectivity index (χ4v) is 4.93. The number of hydrogen-bond acceptors (Lipinski definition) is 4. The van der Waals surface area contributed by atoms with Gasteiger partial charge in [-0.2, -0.15) is 0 Å². The lowest BCUT2D eigenvalue weighted by Gasteiger charge is -2.33. The molecule has 112 valence electrons. The molecule has 0 radical (unpaired) electrons. The monoisotopic (exact) mass is 302 g/mol. The number of imidazole rings is 1. The predicted molar refractivity (Wildman–Crippen MR) is 87.5 cm³/mol. The predicted octanol–water partition coefficient (Wildman–Crippen LogP) is 3.61. The van der Waals surface area contributed by atoms with Crippen molar-refractivity contribution in [2.75, 3.05) is 19.3 Å². The van der Waals surface area contributed by atoms with Gasteiger partial charge in [0.05, 0.1) is 11.4 Å². The fourth-order valence-electron chi connectivity index (χ4n) is 3.63. The van der Waals surface area contributed by atoms with Gasteiger partial charge < -0.3 is 0 Å². The van der Waals surface area contributed by atoms with Crippen LogP contribution in [0.25, 0.3) is 11.2 Å². The van der Waals surface area contributed by atoms with Crippen molar-refractivity contribution in [1.29, 1.82) is 0 Å². The zero-order valence-electron chi connectivity index (χ0n) is 12.5. The summed E-state index contributed by atoms with van der Waals surface area (Å²) in [6.45, 7) is 1.18. The fraction of sp³-hybridized carbons (Fsp3) is 0.625. The summed E-state index contributed by atoms with van der Waals surface area (Å²) in [4.78, 5) is 12.1. The molecule has 2 unspecified atom stereocenters. The number of aromatic nitrogens is 3. The Kier molecular flexibility index (Phi) is 3.63. The van der Waals surface area contributed by atoms with Crippen LogP contribution in [-0.4, -0.2) is 38.8 Å². The Morgan fingerprint density at radius 1 is 1.24 bits per heavy atom. The molecule has 21 heavy (non-hydrogen) atoms. The third kappa shape index (κ3) is 2.36. The number of pyridine rings is 1. The summed E-state index contributed by atoms with van der Waals surface area (Å²) in [5.74, 6) is 2.50. The SMILES string of the molecule is CN1CCCCC1c1nc2cccnc2n1C1CCCS1. The highest BCUT2D eigenvalue weighted by atomic mass is 32.2. The van der Waals surface area contributed by atoms with Gasteiger partial charge in [-0.25, -0.2) is 9.97 Å². The number of piperidine rings is 1. The van der Waals surface area contributed by atoms with E-state index in [1.54, 1.807) is 0 Å². The third-order valence-corrected chi connectivity index (χ3v) is 6.09. The van der Waals surface area contributed by atoms with Crippen LogP contribution >= 0.6 is 11.8 Å². The van der Waals surface area contributed by atoms with Crippen LogP contribution in [0.2, 0.25) is 0 Å². The van der Waals surface area contributed by atoms with Gasteiger partial charge in [0.2, 0.25) is 0 Å². The van der Waals surface area contributed by atoms with Crippen LogP contribution in [0.15, 0.2) is 18.3 Å². The minimum Gasteiger partial charge on any atom is -0.299 e. The van der Waals surface area contributed by atoms with Gasteiger partial charge in [0, 0.05) is 6.20 Å². The second-order valence-corrected chi connectivity index (χ2v) is 7.43. The van der Waals surface area contributed by atoms with E-state index >= 15 is 0 Å². The number of thioether (sulfide) groups is 1. The molecule has 0 N–H and O–H groups in total. The number of hydrogen-bond donors (Lipinski definition) is 0. The molecule has 2 aliphatic heterocycles. The van der Waals surface area contributed by atoms with Crippen LogP contribution in [0, 0.1) is 0 Å². The van der Waals surface area contributed by atoms with Crippen LogP contribution in [-0.2, 0) is 0 Å². The van der Waals surface area contributed by atoms with Crippen molar-refractivity contribution in [2.45, 2.75) is 43.5 Å². The molecule has 2 aromatic heterocycles. The maximum Gasteiger partial charge on any atom is 0.161 e. The summed E-state index contributed by atoms with van der Waals surface area (Å²) in [6, 6.07) is 4.55. The standard InChI is InChI=1S/C16H22N4S/c1-19-10-3-2-7-13(19)16-18-12-6-4-9-17-15(12)20(16)14-8-5-11-21-14/h4,6,9,13-14H,2-3,5,7-8,10-11H2,1H3. The molecule has 0 saturated carbocycles. The molecule has 0 amide bonds. The van der Waals surface area contributed by atoms with Crippen molar-refractivity contribution in [1.82, 2.24) is 19.4 Å². The van der Waals surface area contributed by atoms with Gasteiger partial charge in [-0.1, -0.05) is 6.42 Å². The zero-order valence-corrected chi connectivity index (χ0v) is 13.4. The van der Waals surface area contributed by atoms with Crippen molar-refractivity contribution in [3.8, 4) is 0 Å². The van der Waals surface area contributed by atoms with Gasteiger partial charge in [0.25, 0.3) is 0 Å². The smallest absolute Gasteiger partial charge is 0.161 e. The number of likely N-dealkylation sites (tertiary alicyclic amines) is 1. The molecule has 0 spiro atoms. The zero-order chi connectivity index (χ0) is 14.2. The molecule has 2 atom stereocenters. The van der Waals surface area contributed by atoms with E-state index in [-0.39, 0.29) is 0 Å². The normalized spacial score (nSPS) is 27.5. The molecule has 5 heteroatoms. The average molecular weight is 302 g/mol. The van der Waals surface area contributed by atoms with Gasteiger partial charge in [-0.3, -0.25) is 9.47 Å². The molecule has 2 fully saturated rings. The Hall–Kier alpha value is -1.07. The Balaban J connectivity index is 1.84. The molecular weight excluding hydrogens is 280 g/mol. The minimum absolute atomic E-state index is 0.453. The molecule has 2 aliphatic rings. The van der Waals surface area contributed by atoms with Gasteiger partial charge >= 0.3 is 0 Å². The van der Waals surface area contributed by atoms with Crippen LogP contribution < -0.4 is 0 Å². The van der Waals surface area contributed by atoms with Gasteiger partial charge in [-0.05, 0) is 57.2 Å². The lowest BCUT2D eigenvalue weighted by atomic mass is 10.0. The van der Waals surface area contributed by atoms with E-state index in [1.807, 2.05) is 12.3 Å². The van der Waals surface area contributed by atoms with Crippen molar-refractivity contribution in [3.05, 3.63) is 24.2 Å². The highest BCUT2D eigenvalue weighted by molar-refractivity contribution is 7.99. The van der Waals surface area contributed by atoms with E-state index in [1.165, 1.54) is 50.2 Å². The summed E-state index contributed by atoms with van der Waals surface area (Å²) in [6.07, 6.45) is 8.29. The lowest BCUT2D eigenvalue weighted by Crippen LogP contribution is -2.32. The molecule has 0 aliphatic carbocycles. The van der Waals surface area contributed by atoms with Gasteiger partial charge in [0.1, 0.15) is 11.3 Å². The molecule has 2 aromatic rings. The topological polar surface area (TPSA) is 34.0 Å². The summed E-state index contributed by atoms with van der Waals surface area (Å²) in [7, 11) is 2.24. The number of rotatable bonds is 2. The minimum atomic E-state index is 0.453. The Morgan fingerprint density at radius 2 is 2.19 bits per heavy atom. The van der Waals surface area contributed by atoms with Crippen molar-refractivity contribution >= 4 is 22.9 Å². The number of nitrogens with zero attached hydrogens (tertiary/aromatic N) is 4. The molecule has 4 nitrogen and oxygen atoms in total. The summed E-state index contributed by atoms with van der Waals surface area (Å²) < 4.78 is 2.44. The first-order valence-electron chi connectivity index (χ1n) is 7.99. The average Bonchev–Trinajstić information content (AvgIpc) is 3.14. The Labute approximate surface area is 129 Å². The first-order valence-corrected chi connectivity index (χ1v) is 9.04. The molecule has 0 aromatic carbocycles. The lowest BCUT2D eigenvalue weighted by molar-refractivity contribution is 0.175. The van der Waals surface area contributed by atoms with Crippen molar-refractivity contribution < 1.29 is 0 Å². The van der Waals surface area contributed by atoms with E-state index in [2.05, 4.69) is 39.3 Å². The van der Waals surface area contributed by atoms with Crippen molar-refractivity contribution in [2.24, 2.45) is 0 Å². The first-order chi connectivity index (χ1) is 10.3. The molecular formula is C16H22N4S. The quantitative estimate of drug-likeness (QED) is 0.848. The van der Waals surface area contributed by atoms with Crippen LogP contribution in [0.4, 0.5) is 0 Å². The molecule has 4 heterocycles. The van der Waals surface area contributed by atoms with Crippen molar-refractivity contribution in [3.63, 3.8) is 0 Å². The maximum absolute atomic E-state index is 4.98. The van der Waals surface area contributed by atoms with Gasteiger partial charge in [-0.15, -0.1) is 11.8 Å². The van der Waals surface area contributed by atoms with Crippen LogP contribution in [0.1, 0.15) is 49.3 Å². The Bertz CT molecular complexity index is 632. The summed E-state index contributed by atoms with van der Waals surface area (Å²) in [5, 5.41) is 0.523. The molecule has 2 saturated heterocycles. The largest absolute Gasteiger partial charge is 0.299 e.